The highest BCUT2D eigenvalue weighted by Crippen LogP contribution is 2.45. The molecule has 5 amide bonds. The van der Waals surface area contributed by atoms with Crippen LogP contribution in [0.1, 0.15) is 266 Å². The molecule has 39 atom stereocenters. The number of hydrogen-bond acceptors (Lipinski definition) is 43. The van der Waals surface area contributed by atoms with Crippen molar-refractivity contribution in [3.05, 3.63) is 12.2 Å². The second-order valence-corrected chi connectivity index (χ2v) is 39.9. The second-order valence-electron chi connectivity index (χ2n) is 39.9. The summed E-state index contributed by atoms with van der Waals surface area (Å²) in [7, 11) is 0. The molecule has 7 aliphatic rings. The van der Waals surface area contributed by atoms with E-state index in [0.29, 0.717) is 12.8 Å². The van der Waals surface area contributed by atoms with Gasteiger partial charge in [0.15, 0.2) is 31.5 Å². The van der Waals surface area contributed by atoms with Crippen molar-refractivity contribution >= 4 is 41.5 Å². The summed E-state index contributed by atoms with van der Waals surface area (Å²) in [5.74, 6) is -16.5. The first kappa shape index (κ1) is 129. The van der Waals surface area contributed by atoms with Gasteiger partial charge in [-0.05, 0) is 19.3 Å². The Kier molecular flexibility index (Phi) is 58.5. The highest BCUT2D eigenvalue weighted by Gasteiger charge is 2.65. The van der Waals surface area contributed by atoms with Crippen molar-refractivity contribution in [2.24, 2.45) is 0 Å². The monoisotopic (exact) mass is 2140 g/mol. The maximum absolute atomic E-state index is 14.2. The van der Waals surface area contributed by atoms with E-state index in [1.165, 1.54) is 134 Å². The summed E-state index contributed by atoms with van der Waals surface area (Å²) in [4.78, 5) is 94.2. The van der Waals surface area contributed by atoms with Gasteiger partial charge < -0.3 is 215 Å². The number of ether oxygens (including phenoxy) is 14. The maximum atomic E-state index is 14.2. The molecule has 7 heterocycles. The molecule has 0 aromatic carbocycles. The SMILES string of the molecule is CCCCCCCCCCCCC/C=C/[C@@H](O)[C@H](CO[C@@H]1OC(CO)[C@@H](O[C@@H]2OC(CO)[C@H](O[C@@H]3OC(CO)[C@H](O)[C@H](O[C@@H]4OC(CO)[C@H](O[C@@H]5OC(CO)[C@H](O)[C@H](O)C5NC(C)=O)[C@H](O[C@]5(C(=O)O)CC(O)[C@@H](NC(C)=O)C([C@H](O)[C@H](O)CO)O5)C4O)C3NC(C)=O)[C@H](O[C@]3(C(=O)O)CC(O)[C@@H](NC(=O)CO)C([C@H](O)[C@H](O)CO)O3)C2O)[C@H](O)C1O)NC(=O)CCCCCCCCCCCCCCCCCCCCCCC. The van der Waals surface area contributed by atoms with Crippen LogP contribution in [-0.4, -0.2) is 462 Å². The molecule has 7 fully saturated rings. The van der Waals surface area contributed by atoms with Crippen molar-refractivity contribution in [3.8, 4) is 0 Å². The number of aliphatic hydroxyl groups excluding tert-OH is 22. The maximum Gasteiger partial charge on any atom is 0.364 e. The van der Waals surface area contributed by atoms with Gasteiger partial charge in [-0.3, -0.25) is 24.0 Å². The number of carboxylic acid groups (broad SMARTS) is 2. The Morgan fingerprint density at radius 3 is 1.09 bits per heavy atom. The molecule has 0 radical (unpaired) electrons. The highest BCUT2D eigenvalue weighted by atomic mass is 16.8. The smallest absolute Gasteiger partial charge is 0.364 e. The molecule has 7 rings (SSSR count). The third-order valence-electron chi connectivity index (χ3n) is 28.2. The van der Waals surface area contributed by atoms with E-state index in [1.807, 2.05) is 0 Å². The van der Waals surface area contributed by atoms with E-state index in [1.54, 1.807) is 6.08 Å². The summed E-state index contributed by atoms with van der Waals surface area (Å²) >= 11 is 0. The van der Waals surface area contributed by atoms with Crippen molar-refractivity contribution in [1.29, 1.82) is 0 Å². The summed E-state index contributed by atoms with van der Waals surface area (Å²) in [5.41, 5.74) is 0. The summed E-state index contributed by atoms with van der Waals surface area (Å²) in [6, 6.07) is -9.38. The first-order valence-electron chi connectivity index (χ1n) is 52.9. The van der Waals surface area contributed by atoms with E-state index < -0.39 is 352 Å². The molecule has 860 valence electrons. The number of carboxylic acids is 2. The van der Waals surface area contributed by atoms with Gasteiger partial charge in [0.05, 0.1) is 89.3 Å². The van der Waals surface area contributed by atoms with Crippen LogP contribution >= 0.6 is 0 Å². The summed E-state index contributed by atoms with van der Waals surface area (Å²) in [6.07, 6.45) is -36.4. The molecule has 7 saturated heterocycles. The second kappa shape index (κ2) is 66.9. The molecule has 0 spiro atoms. The first-order valence-corrected chi connectivity index (χ1v) is 52.9. The van der Waals surface area contributed by atoms with Crippen LogP contribution in [0.25, 0.3) is 0 Å². The largest absolute Gasteiger partial charge is 0.477 e. The molecule has 0 bridgehead atoms. The Balaban J connectivity index is 1.20. The Morgan fingerprint density at radius 2 is 0.703 bits per heavy atom. The number of nitrogens with one attached hydrogen (secondary N) is 5. The minimum Gasteiger partial charge on any atom is -0.477 e. The van der Waals surface area contributed by atoms with Crippen LogP contribution in [0.3, 0.4) is 0 Å². The van der Waals surface area contributed by atoms with Crippen molar-refractivity contribution in [2.45, 2.75) is 504 Å². The Hall–Kier alpha value is -5.41. The van der Waals surface area contributed by atoms with Crippen molar-refractivity contribution < 1.29 is 222 Å². The van der Waals surface area contributed by atoms with Crippen LogP contribution in [0.5, 0.6) is 0 Å². The number of aliphatic hydroxyl groups is 22. The first-order chi connectivity index (χ1) is 70.7. The van der Waals surface area contributed by atoms with Gasteiger partial charge >= 0.3 is 11.9 Å². The van der Waals surface area contributed by atoms with Crippen LogP contribution in [0.2, 0.25) is 0 Å². The van der Waals surface area contributed by atoms with Gasteiger partial charge in [-0.15, -0.1) is 0 Å². The Labute approximate surface area is 862 Å². The number of carbonyl (C=O) groups excluding carboxylic acids is 5. The van der Waals surface area contributed by atoms with E-state index in [9.17, 15) is 156 Å². The van der Waals surface area contributed by atoms with Gasteiger partial charge in [0.1, 0.15) is 165 Å². The highest BCUT2D eigenvalue weighted by molar-refractivity contribution is 5.79. The van der Waals surface area contributed by atoms with Crippen molar-refractivity contribution in [1.82, 2.24) is 26.6 Å². The van der Waals surface area contributed by atoms with E-state index in [2.05, 4.69) is 40.4 Å². The lowest BCUT2D eigenvalue weighted by Gasteiger charge is -2.53. The molecular formula is C98H173N5O45. The number of unbranched alkanes of at least 4 members (excludes halogenated alkanes) is 31. The average Bonchev–Trinajstić information content (AvgIpc) is 0.753. The molecule has 0 saturated carbocycles. The van der Waals surface area contributed by atoms with E-state index in [0.717, 1.165) is 91.4 Å². The molecule has 7 aliphatic heterocycles. The number of allylic oxidation sites excluding steroid dienone is 1. The zero-order valence-corrected chi connectivity index (χ0v) is 85.6. The standard InChI is InChI=1S/C98H173N5O45/c1-6-8-10-12-14-16-18-20-21-22-23-24-25-26-27-29-31-33-35-37-39-41-67(120)102-56(57(115)40-38-36-34-32-30-28-19-17-15-13-11-9-7-2)52-135-92-79(128)78(127)82(64(48-108)138-92)141-93-80(129)88(147-98(96(133)134)43-59(117)70(103-68(121)51-111)87(146-98)74(123)61(119)45-105)84(66(50-110)139-93)143-91-72(101-55(5)114)85(76(125)63(47-107)137-91)144-94-81(130)89(83(65(49-109)140-94)142-90-71(100-54(4)113)77(126)75(124)62(46-106)136-90)148-97(95(131)132)42-58(116)69(99-53(3)112)86(145-97)73(122)60(118)44-104/h38,40,56-66,69-94,104-111,115-119,122-130H,6-37,39,41-52H2,1-5H3,(H,99,112)(H,100,113)(H,101,114)(H,102,120)(H,103,121)(H,131,132)(H,133,134)/b40-38+/t56-,57+,58?,59?,60+,61+,62?,63?,64?,65?,66?,69+,70+,71?,72?,73+,74+,75-,76-,77+,78+,79?,80?,81?,82+,83-,84-,85+,86?,87?,88+,89+,90-,91-,92+,93-,94-,97-,98-/m0/s1. The van der Waals surface area contributed by atoms with Crippen LogP contribution in [0.4, 0.5) is 0 Å². The number of hydrogen-bond donors (Lipinski definition) is 29. The molecule has 0 aromatic rings. The van der Waals surface area contributed by atoms with E-state index in [4.69, 9.17) is 66.3 Å². The molecule has 50 heteroatoms. The predicted octanol–water partition coefficient (Wildman–Crippen LogP) is -4.59. The van der Waals surface area contributed by atoms with Crippen LogP contribution in [-0.2, 0) is 99.9 Å². The number of aliphatic carboxylic acids is 2. The zero-order valence-electron chi connectivity index (χ0n) is 85.6. The minimum absolute atomic E-state index is 0.0674. The topological polar surface area (TPSA) is 794 Å². The van der Waals surface area contributed by atoms with Gasteiger partial charge in [-0.1, -0.05) is 219 Å². The van der Waals surface area contributed by atoms with Crippen LogP contribution < -0.4 is 26.6 Å². The van der Waals surface area contributed by atoms with Crippen LogP contribution in [0, 0.1) is 0 Å². The minimum atomic E-state index is -3.63. The van der Waals surface area contributed by atoms with Gasteiger partial charge in [-0.2, -0.15) is 0 Å². The van der Waals surface area contributed by atoms with E-state index in [-0.39, 0.29) is 6.42 Å². The van der Waals surface area contributed by atoms with Gasteiger partial charge in [-0.25, -0.2) is 9.59 Å². The fraction of sp³-hybridized carbons (Fsp3) is 0.908. The molecule has 14 unspecified atom stereocenters. The lowest BCUT2D eigenvalue weighted by molar-refractivity contribution is -0.408. The lowest BCUT2D eigenvalue weighted by Crippen LogP contribution is -2.73. The van der Waals surface area contributed by atoms with Crippen molar-refractivity contribution in [2.75, 3.05) is 59.5 Å². The Bertz CT molecular complexity index is 3810. The molecule has 50 nitrogen and oxygen atoms in total. The fourth-order valence-corrected chi connectivity index (χ4v) is 19.9. The molecule has 29 N–H and O–H groups in total. The summed E-state index contributed by atoms with van der Waals surface area (Å²) in [5, 5.41) is 286. The summed E-state index contributed by atoms with van der Waals surface area (Å²) in [6.45, 7) is -3.94. The molecule has 0 aromatic heterocycles. The molecule has 0 aliphatic carbocycles. The van der Waals surface area contributed by atoms with Crippen molar-refractivity contribution in [3.63, 3.8) is 0 Å². The van der Waals surface area contributed by atoms with E-state index >= 15 is 0 Å². The van der Waals surface area contributed by atoms with Gasteiger partial charge in [0.25, 0.3) is 11.6 Å². The third kappa shape index (κ3) is 38.3. The predicted molar refractivity (Wildman–Crippen MR) is 513 cm³/mol. The molecular weight excluding hydrogens is 1970 g/mol. The number of amides is 5. The summed E-state index contributed by atoms with van der Waals surface area (Å²) < 4.78 is 85.9. The normalized spacial score (nSPS) is 34.9. The number of rotatable bonds is 70. The van der Waals surface area contributed by atoms with Crippen LogP contribution in [0.15, 0.2) is 12.2 Å². The third-order valence-corrected chi connectivity index (χ3v) is 28.2. The number of carbonyl (C=O) groups is 7. The zero-order chi connectivity index (χ0) is 109. The lowest BCUT2D eigenvalue weighted by atomic mass is 9.88. The quantitative estimate of drug-likeness (QED) is 0.0201. The fourth-order valence-electron chi connectivity index (χ4n) is 19.9. The average molecular weight is 2140 g/mol. The van der Waals surface area contributed by atoms with Gasteiger partial charge in [0.2, 0.25) is 29.5 Å². The van der Waals surface area contributed by atoms with Gasteiger partial charge in [0, 0.05) is 40.0 Å². The Morgan fingerprint density at radius 1 is 0.358 bits per heavy atom. The molecule has 148 heavy (non-hydrogen) atoms.